The number of benzene rings is 1. The highest BCUT2D eigenvalue weighted by molar-refractivity contribution is 7.13. The molecule has 0 saturated carbocycles. The third-order valence-electron chi connectivity index (χ3n) is 4.81. The van der Waals surface area contributed by atoms with Gasteiger partial charge in [-0.05, 0) is 32.0 Å². The van der Waals surface area contributed by atoms with Gasteiger partial charge in [0.15, 0.2) is 11.5 Å². The van der Waals surface area contributed by atoms with E-state index in [0.29, 0.717) is 25.5 Å². The fourth-order valence-corrected chi connectivity index (χ4v) is 3.96. The molecule has 7 heteroatoms. The van der Waals surface area contributed by atoms with Crippen LogP contribution in [0.15, 0.2) is 23.6 Å². The van der Waals surface area contributed by atoms with Gasteiger partial charge in [0.25, 0.3) is 5.91 Å². The van der Waals surface area contributed by atoms with Gasteiger partial charge in [0, 0.05) is 36.1 Å². The van der Waals surface area contributed by atoms with Crippen LogP contribution in [-0.4, -0.2) is 54.2 Å². The Hall–Kier alpha value is -2.12. The van der Waals surface area contributed by atoms with Gasteiger partial charge in [-0.3, -0.25) is 4.79 Å². The number of piperazine rings is 1. The molecule has 6 nitrogen and oxygen atoms in total. The molecule has 1 saturated heterocycles. The molecule has 2 atom stereocenters. The highest BCUT2D eigenvalue weighted by Gasteiger charge is 2.30. The molecule has 2 unspecified atom stereocenters. The van der Waals surface area contributed by atoms with E-state index in [2.05, 4.69) is 24.1 Å². The number of nitrogens with zero attached hydrogens (tertiary/aromatic N) is 2. The van der Waals surface area contributed by atoms with Gasteiger partial charge in [0.1, 0.15) is 23.9 Å². The van der Waals surface area contributed by atoms with Gasteiger partial charge < -0.3 is 19.7 Å². The molecule has 25 heavy (non-hydrogen) atoms. The first-order chi connectivity index (χ1) is 12.1. The summed E-state index contributed by atoms with van der Waals surface area (Å²) in [5, 5.41) is 6.05. The van der Waals surface area contributed by atoms with Gasteiger partial charge in [-0.15, -0.1) is 11.3 Å². The molecule has 0 aliphatic carbocycles. The molecular formula is C18H21N3O3S. The maximum Gasteiger partial charge on any atom is 0.273 e. The lowest BCUT2D eigenvalue weighted by Crippen LogP contribution is -2.57. The lowest BCUT2D eigenvalue weighted by atomic mass is 10.1. The molecule has 1 aromatic heterocycles. The van der Waals surface area contributed by atoms with E-state index in [1.807, 2.05) is 28.5 Å². The van der Waals surface area contributed by atoms with Gasteiger partial charge in [-0.2, -0.15) is 0 Å². The smallest absolute Gasteiger partial charge is 0.273 e. The first-order valence-corrected chi connectivity index (χ1v) is 9.41. The fourth-order valence-electron chi connectivity index (χ4n) is 3.17. The molecule has 1 N–H and O–H groups in total. The minimum atomic E-state index is 0.000827. The van der Waals surface area contributed by atoms with E-state index < -0.39 is 0 Å². The van der Waals surface area contributed by atoms with E-state index >= 15 is 0 Å². The van der Waals surface area contributed by atoms with E-state index in [1.165, 1.54) is 11.3 Å². The van der Waals surface area contributed by atoms with Crippen LogP contribution in [0, 0.1) is 0 Å². The van der Waals surface area contributed by atoms with Crippen molar-refractivity contribution in [1.82, 2.24) is 15.2 Å². The molecule has 2 aromatic rings. The average molecular weight is 359 g/mol. The number of thiazole rings is 1. The number of rotatable bonds is 2. The summed E-state index contributed by atoms with van der Waals surface area (Å²) in [6.07, 6.45) is 0. The molecule has 4 rings (SSSR count). The predicted molar refractivity (Wildman–Crippen MR) is 96.5 cm³/mol. The van der Waals surface area contributed by atoms with Crippen molar-refractivity contribution in [3.8, 4) is 22.1 Å². The van der Waals surface area contributed by atoms with E-state index in [1.54, 1.807) is 0 Å². The zero-order valence-electron chi connectivity index (χ0n) is 14.3. The van der Waals surface area contributed by atoms with Crippen LogP contribution in [0.1, 0.15) is 24.3 Å². The van der Waals surface area contributed by atoms with Gasteiger partial charge >= 0.3 is 0 Å². The summed E-state index contributed by atoms with van der Waals surface area (Å²) in [5.41, 5.74) is 1.45. The van der Waals surface area contributed by atoms with Crippen molar-refractivity contribution in [3.63, 3.8) is 0 Å². The molecule has 0 spiro atoms. The highest BCUT2D eigenvalue weighted by atomic mass is 32.1. The molecule has 1 aromatic carbocycles. The maximum atomic E-state index is 12.8. The lowest BCUT2D eigenvalue weighted by Gasteiger charge is -2.38. The molecule has 1 amide bonds. The Balaban J connectivity index is 1.57. The van der Waals surface area contributed by atoms with Crippen molar-refractivity contribution in [3.05, 3.63) is 29.3 Å². The Morgan fingerprint density at radius 1 is 1.28 bits per heavy atom. The van der Waals surface area contributed by atoms with Crippen LogP contribution >= 0.6 is 11.3 Å². The molecular weight excluding hydrogens is 338 g/mol. The summed E-state index contributed by atoms with van der Waals surface area (Å²) in [6.45, 7) is 6.83. The second kappa shape index (κ2) is 6.65. The number of nitrogens with one attached hydrogen (secondary N) is 1. The van der Waals surface area contributed by atoms with E-state index in [4.69, 9.17) is 9.47 Å². The Morgan fingerprint density at radius 3 is 2.92 bits per heavy atom. The molecule has 132 valence electrons. The minimum Gasteiger partial charge on any atom is -0.486 e. The Morgan fingerprint density at radius 2 is 2.08 bits per heavy atom. The first kappa shape index (κ1) is 16.4. The third kappa shape index (κ3) is 3.09. The number of hydrogen-bond donors (Lipinski definition) is 1. The summed E-state index contributed by atoms with van der Waals surface area (Å²) in [4.78, 5) is 19.3. The lowest BCUT2D eigenvalue weighted by molar-refractivity contribution is 0.0598. The number of aromatic nitrogens is 1. The molecule has 3 heterocycles. The van der Waals surface area contributed by atoms with Crippen LogP contribution in [0.5, 0.6) is 11.5 Å². The number of ether oxygens (including phenoxy) is 2. The standard InChI is InChI=1S/C18H21N3O3S/c1-11-12(2)21(6-5-19-11)18(22)14-10-25-17(20-14)13-3-4-15-16(9-13)24-8-7-23-15/h3-4,9-12,19H,5-8H2,1-2H3. The summed E-state index contributed by atoms with van der Waals surface area (Å²) in [7, 11) is 0. The molecule has 2 aliphatic heterocycles. The number of amides is 1. The van der Waals surface area contributed by atoms with Gasteiger partial charge in [0.2, 0.25) is 0 Å². The molecule has 2 aliphatic rings. The van der Waals surface area contributed by atoms with Gasteiger partial charge in [-0.1, -0.05) is 0 Å². The summed E-state index contributed by atoms with van der Waals surface area (Å²) < 4.78 is 11.2. The highest BCUT2D eigenvalue weighted by Crippen LogP contribution is 2.35. The number of hydrogen-bond acceptors (Lipinski definition) is 6. The molecule has 1 fully saturated rings. The van der Waals surface area contributed by atoms with Gasteiger partial charge in [-0.25, -0.2) is 4.98 Å². The monoisotopic (exact) mass is 359 g/mol. The van der Waals surface area contributed by atoms with Gasteiger partial charge in [0.05, 0.1) is 0 Å². The Labute approximate surface area is 150 Å². The second-order valence-electron chi connectivity index (χ2n) is 6.38. The molecule has 0 radical (unpaired) electrons. The van der Waals surface area contributed by atoms with Crippen molar-refractivity contribution in [1.29, 1.82) is 0 Å². The van der Waals surface area contributed by atoms with Crippen LogP contribution in [0.3, 0.4) is 0 Å². The van der Waals surface area contributed by atoms with Crippen LogP contribution in [-0.2, 0) is 0 Å². The Bertz CT molecular complexity index is 792. The number of carbonyl (C=O) groups excluding carboxylic acids is 1. The Kier molecular flexibility index (Phi) is 4.35. The zero-order chi connectivity index (χ0) is 17.4. The summed E-state index contributed by atoms with van der Waals surface area (Å²) in [6, 6.07) is 6.22. The van der Waals surface area contributed by atoms with Crippen LogP contribution < -0.4 is 14.8 Å². The second-order valence-corrected chi connectivity index (χ2v) is 7.24. The summed E-state index contributed by atoms with van der Waals surface area (Å²) in [5.74, 6) is 1.49. The molecule has 0 bridgehead atoms. The zero-order valence-corrected chi connectivity index (χ0v) is 15.1. The van der Waals surface area contributed by atoms with Crippen molar-refractivity contribution < 1.29 is 14.3 Å². The third-order valence-corrected chi connectivity index (χ3v) is 5.70. The topological polar surface area (TPSA) is 63.7 Å². The van der Waals surface area contributed by atoms with Crippen molar-refractivity contribution in [2.75, 3.05) is 26.3 Å². The number of fused-ring (bicyclic) bond motifs is 1. The van der Waals surface area contributed by atoms with E-state index in [0.717, 1.165) is 28.6 Å². The van der Waals surface area contributed by atoms with Crippen LogP contribution in [0.2, 0.25) is 0 Å². The largest absolute Gasteiger partial charge is 0.486 e. The first-order valence-electron chi connectivity index (χ1n) is 8.53. The fraction of sp³-hybridized carbons (Fsp3) is 0.444. The average Bonchev–Trinajstić information content (AvgIpc) is 3.13. The van der Waals surface area contributed by atoms with Crippen molar-refractivity contribution in [2.24, 2.45) is 0 Å². The van der Waals surface area contributed by atoms with E-state index in [-0.39, 0.29) is 18.0 Å². The van der Waals surface area contributed by atoms with E-state index in [9.17, 15) is 4.79 Å². The minimum absolute atomic E-state index is 0.000827. The van der Waals surface area contributed by atoms with Crippen molar-refractivity contribution in [2.45, 2.75) is 25.9 Å². The number of carbonyl (C=O) groups is 1. The predicted octanol–water partition coefficient (Wildman–Crippen LogP) is 2.40. The van der Waals surface area contributed by atoms with Crippen LogP contribution in [0.25, 0.3) is 10.6 Å². The van der Waals surface area contributed by atoms with Crippen LogP contribution in [0.4, 0.5) is 0 Å². The quantitative estimate of drug-likeness (QED) is 0.892. The SMILES string of the molecule is CC1NCCN(C(=O)c2csc(-c3ccc4c(c3)OCCO4)n2)C1C. The normalized spacial score (nSPS) is 22.7. The van der Waals surface area contributed by atoms with Crippen molar-refractivity contribution >= 4 is 17.2 Å². The summed E-state index contributed by atoms with van der Waals surface area (Å²) >= 11 is 1.48. The maximum absolute atomic E-state index is 12.8.